The van der Waals surface area contributed by atoms with Crippen LogP contribution < -0.4 is 5.32 Å². The molecule has 0 spiro atoms. The zero-order chi connectivity index (χ0) is 24.6. The van der Waals surface area contributed by atoms with Gasteiger partial charge < -0.3 is 24.4 Å². The van der Waals surface area contributed by atoms with Crippen LogP contribution in [0.25, 0.3) is 0 Å². The van der Waals surface area contributed by atoms with Gasteiger partial charge in [0.25, 0.3) is 5.91 Å². The van der Waals surface area contributed by atoms with Gasteiger partial charge in [0, 0.05) is 13.1 Å². The largest absolute Gasteiger partial charge is 0.436 e. The maximum Gasteiger partial charge on any atom is 0.410 e. The number of benzene rings is 1. The molecule has 2 amide bonds. The molecule has 0 bridgehead atoms. The van der Waals surface area contributed by atoms with Crippen LogP contribution in [0.1, 0.15) is 58.4 Å². The van der Waals surface area contributed by atoms with Gasteiger partial charge in [-0.05, 0) is 43.1 Å². The molecule has 0 radical (unpaired) electrons. The van der Waals surface area contributed by atoms with Crippen molar-refractivity contribution in [2.24, 2.45) is 11.3 Å². The minimum atomic E-state index is -1.56. The zero-order valence-corrected chi connectivity index (χ0v) is 20.5. The Morgan fingerprint density at radius 2 is 1.97 bits per heavy atom. The number of rotatable bonds is 8. The van der Waals surface area contributed by atoms with Crippen molar-refractivity contribution in [3.05, 3.63) is 35.9 Å². The summed E-state index contributed by atoms with van der Waals surface area (Å²) in [5.41, 5.74) is -0.624. The first-order valence-electron chi connectivity index (χ1n) is 12.2. The number of hydrogen-bond donors (Lipinski definition) is 1. The molecule has 1 heterocycles. The van der Waals surface area contributed by atoms with E-state index in [9.17, 15) is 14.9 Å². The van der Waals surface area contributed by atoms with Crippen molar-refractivity contribution in [2.75, 3.05) is 26.3 Å². The summed E-state index contributed by atoms with van der Waals surface area (Å²) in [6.45, 7) is 7.84. The Labute approximate surface area is 202 Å². The van der Waals surface area contributed by atoms with Crippen molar-refractivity contribution in [2.45, 2.75) is 71.3 Å². The predicted octanol–water partition coefficient (Wildman–Crippen LogP) is 4.00. The molecule has 0 aromatic heterocycles. The molecule has 34 heavy (non-hydrogen) atoms. The summed E-state index contributed by atoms with van der Waals surface area (Å²) in [7, 11) is 0. The van der Waals surface area contributed by atoms with E-state index in [1.54, 1.807) is 4.90 Å². The van der Waals surface area contributed by atoms with Gasteiger partial charge in [-0.3, -0.25) is 4.79 Å². The Morgan fingerprint density at radius 3 is 2.62 bits per heavy atom. The van der Waals surface area contributed by atoms with Gasteiger partial charge in [0.2, 0.25) is 5.72 Å². The summed E-state index contributed by atoms with van der Waals surface area (Å²) in [6, 6.07) is 11.5. The van der Waals surface area contributed by atoms with Gasteiger partial charge >= 0.3 is 6.09 Å². The Kier molecular flexibility index (Phi) is 8.92. The number of carbonyl (C=O) groups excluding carboxylic acids is 2. The monoisotopic (exact) mass is 471 g/mol. The third-order valence-corrected chi connectivity index (χ3v) is 6.98. The smallest absolute Gasteiger partial charge is 0.410 e. The van der Waals surface area contributed by atoms with Crippen molar-refractivity contribution in [3.63, 3.8) is 0 Å². The van der Waals surface area contributed by atoms with E-state index < -0.39 is 23.8 Å². The minimum Gasteiger partial charge on any atom is -0.436 e. The average molecular weight is 472 g/mol. The summed E-state index contributed by atoms with van der Waals surface area (Å²) in [4.78, 5) is 27.8. The fourth-order valence-electron chi connectivity index (χ4n) is 4.63. The summed E-state index contributed by atoms with van der Waals surface area (Å²) >= 11 is 0. The molecule has 8 nitrogen and oxygen atoms in total. The highest BCUT2D eigenvalue weighted by molar-refractivity contribution is 5.84. The van der Waals surface area contributed by atoms with E-state index in [-0.39, 0.29) is 17.9 Å². The molecule has 3 rings (SSSR count). The molecule has 3 atom stereocenters. The Hall–Kier alpha value is -2.63. The van der Waals surface area contributed by atoms with Gasteiger partial charge in [-0.15, -0.1) is 0 Å². The highest BCUT2D eigenvalue weighted by atomic mass is 16.6. The lowest BCUT2D eigenvalue weighted by Gasteiger charge is -2.40. The maximum atomic E-state index is 13.4. The Morgan fingerprint density at radius 1 is 1.26 bits per heavy atom. The van der Waals surface area contributed by atoms with Crippen LogP contribution in [0.15, 0.2) is 30.3 Å². The summed E-state index contributed by atoms with van der Waals surface area (Å²) in [6.07, 6.45) is 3.18. The lowest BCUT2D eigenvalue weighted by molar-refractivity contribution is -0.140. The Bertz CT molecular complexity index is 863. The fraction of sp³-hybridized carbons (Fsp3) is 0.654. The molecule has 1 aliphatic carbocycles. The molecule has 1 aliphatic heterocycles. The van der Waals surface area contributed by atoms with E-state index in [1.165, 1.54) is 6.92 Å². The van der Waals surface area contributed by atoms with Crippen molar-refractivity contribution in [3.8, 4) is 6.07 Å². The van der Waals surface area contributed by atoms with Crippen molar-refractivity contribution in [1.29, 1.82) is 5.26 Å². The zero-order valence-electron chi connectivity index (χ0n) is 20.5. The number of amides is 2. The second-order valence-corrected chi connectivity index (χ2v) is 10.0. The summed E-state index contributed by atoms with van der Waals surface area (Å²) in [5.74, 6) is -0.284. The quantitative estimate of drug-likeness (QED) is 0.575. The number of nitrogens with one attached hydrogen (secondary N) is 1. The number of morpholine rings is 1. The highest BCUT2D eigenvalue weighted by Crippen LogP contribution is 2.43. The molecule has 2 fully saturated rings. The molecule has 1 N–H and O–H groups in total. The van der Waals surface area contributed by atoms with Crippen LogP contribution in [-0.4, -0.2) is 55.0 Å². The van der Waals surface area contributed by atoms with E-state index in [0.29, 0.717) is 32.7 Å². The molecule has 2 aliphatic rings. The number of hydrogen-bond acceptors (Lipinski definition) is 6. The highest BCUT2D eigenvalue weighted by Gasteiger charge is 2.39. The van der Waals surface area contributed by atoms with Crippen LogP contribution in [0.3, 0.4) is 0 Å². The van der Waals surface area contributed by atoms with Crippen LogP contribution in [0.4, 0.5) is 4.79 Å². The van der Waals surface area contributed by atoms with E-state index in [2.05, 4.69) is 19.2 Å². The first-order chi connectivity index (χ1) is 16.2. The average Bonchev–Trinajstić information content (AvgIpc) is 2.84. The van der Waals surface area contributed by atoms with Gasteiger partial charge in [0.15, 0.2) is 6.10 Å². The lowest BCUT2D eigenvalue weighted by Crippen LogP contribution is -2.53. The van der Waals surface area contributed by atoms with E-state index in [1.807, 2.05) is 36.4 Å². The molecule has 8 heteroatoms. The molecule has 186 valence electrons. The number of nitrogens with zero attached hydrogens (tertiary/aromatic N) is 2. The molecule has 3 unspecified atom stereocenters. The normalized spacial score (nSPS) is 22.6. The first-order valence-corrected chi connectivity index (χ1v) is 12.2. The maximum absolute atomic E-state index is 13.4. The molecule has 1 saturated carbocycles. The number of ether oxygens (including phenoxy) is 3. The molecular weight excluding hydrogens is 434 g/mol. The third-order valence-electron chi connectivity index (χ3n) is 6.98. The minimum absolute atomic E-state index is 0.0461. The van der Waals surface area contributed by atoms with Crippen LogP contribution in [0.5, 0.6) is 0 Å². The lowest BCUT2D eigenvalue weighted by atomic mass is 9.67. The van der Waals surface area contributed by atoms with Crippen LogP contribution in [-0.2, 0) is 25.6 Å². The fourth-order valence-corrected chi connectivity index (χ4v) is 4.63. The second-order valence-electron chi connectivity index (χ2n) is 10.0. The van der Waals surface area contributed by atoms with Crippen molar-refractivity contribution in [1.82, 2.24) is 10.2 Å². The standard InChI is InChI=1S/C26H37N3O5/c1-25(2)12-8-7-11-21(25)17-22(34-24(31)29-13-15-32-16-14-29)23(30)28-26(3,19-27)33-18-20-9-5-4-6-10-20/h4-6,9-10,21-22H,7-8,11-18H2,1-3H3,(H,28,30). The SMILES string of the molecule is CC(C#N)(NC(=O)C(CC1CCCCC1(C)C)OC(=O)N1CCOCC1)OCc1ccccc1. The predicted molar refractivity (Wildman–Crippen MR) is 126 cm³/mol. The van der Waals surface area contributed by atoms with Gasteiger partial charge in [-0.25, -0.2) is 4.79 Å². The van der Waals surface area contributed by atoms with Crippen LogP contribution >= 0.6 is 0 Å². The van der Waals surface area contributed by atoms with Crippen LogP contribution in [0, 0.1) is 22.7 Å². The van der Waals surface area contributed by atoms with Crippen LogP contribution in [0.2, 0.25) is 0 Å². The van der Waals surface area contributed by atoms with Gasteiger partial charge in [0.05, 0.1) is 19.8 Å². The van der Waals surface area contributed by atoms with Crippen molar-refractivity contribution >= 4 is 12.0 Å². The third kappa shape index (κ3) is 7.18. The second kappa shape index (κ2) is 11.7. The summed E-state index contributed by atoms with van der Waals surface area (Å²) in [5, 5.41) is 12.5. The van der Waals surface area contributed by atoms with E-state index in [0.717, 1.165) is 31.2 Å². The number of carbonyl (C=O) groups is 2. The topological polar surface area (TPSA) is 101 Å². The van der Waals surface area contributed by atoms with Crippen molar-refractivity contribution < 1.29 is 23.8 Å². The molecule has 1 aromatic carbocycles. The summed E-state index contributed by atoms with van der Waals surface area (Å²) < 4.78 is 16.8. The Balaban J connectivity index is 1.71. The molecule has 1 saturated heterocycles. The molecule has 1 aromatic rings. The first kappa shape index (κ1) is 26.0. The van der Waals surface area contributed by atoms with E-state index in [4.69, 9.17) is 14.2 Å². The number of nitriles is 1. The van der Waals surface area contributed by atoms with Gasteiger partial charge in [0.1, 0.15) is 6.07 Å². The van der Waals surface area contributed by atoms with E-state index >= 15 is 0 Å². The molecular formula is C26H37N3O5. The van der Waals surface area contributed by atoms with Gasteiger partial charge in [-0.2, -0.15) is 5.26 Å². The van der Waals surface area contributed by atoms with Gasteiger partial charge in [-0.1, -0.05) is 57.0 Å².